The SMILES string of the molecule is CCC1(NC(=O)N[C@H](C(=O)N2C[C@H]3[C@@H]([C@H]2C(=O)NC(CC2C=C2)C(=O)C(N)=O)C3(C)C)C(C)(C)C)CCCCC1. The van der Waals surface area contributed by atoms with Gasteiger partial charge in [-0.15, -0.1) is 0 Å². The number of ketones is 1. The Bertz CT molecular complexity index is 1080. The van der Waals surface area contributed by atoms with Crippen LogP contribution in [0, 0.1) is 28.6 Å². The predicted octanol–water partition coefficient (Wildman–Crippen LogP) is 2.41. The highest BCUT2D eigenvalue weighted by molar-refractivity contribution is 6.37. The number of urea groups is 1. The molecule has 5 amide bonds. The Hall–Kier alpha value is -2.91. The Morgan fingerprint density at radius 3 is 2.17 bits per heavy atom. The molecule has 10 heteroatoms. The van der Waals surface area contributed by atoms with E-state index >= 15 is 0 Å². The number of hydrogen-bond donors (Lipinski definition) is 4. The minimum atomic E-state index is -1.10. The first-order valence-corrected chi connectivity index (χ1v) is 14.8. The van der Waals surface area contributed by atoms with E-state index < -0.39 is 41.1 Å². The predicted molar refractivity (Wildman–Crippen MR) is 151 cm³/mol. The summed E-state index contributed by atoms with van der Waals surface area (Å²) in [5, 5.41) is 8.90. The van der Waals surface area contributed by atoms with Gasteiger partial charge in [-0.05, 0) is 54.3 Å². The van der Waals surface area contributed by atoms with Crippen molar-refractivity contribution in [2.45, 2.75) is 110 Å². The zero-order valence-electron chi connectivity index (χ0n) is 24.8. The summed E-state index contributed by atoms with van der Waals surface area (Å²) in [4.78, 5) is 66.9. The summed E-state index contributed by atoms with van der Waals surface area (Å²) in [5.41, 5.74) is 4.23. The maximum atomic E-state index is 14.1. The van der Waals surface area contributed by atoms with E-state index in [1.54, 1.807) is 4.90 Å². The average molecular weight is 558 g/mol. The normalized spacial score (nSPS) is 27.6. The van der Waals surface area contributed by atoms with Crippen molar-refractivity contribution in [3.8, 4) is 0 Å². The zero-order chi connectivity index (χ0) is 29.6. The Morgan fingerprint density at radius 2 is 1.65 bits per heavy atom. The second kappa shape index (κ2) is 10.8. The van der Waals surface area contributed by atoms with E-state index in [1.807, 2.05) is 32.9 Å². The first-order valence-electron chi connectivity index (χ1n) is 14.8. The Balaban J connectivity index is 1.52. The van der Waals surface area contributed by atoms with Crippen LogP contribution in [0.2, 0.25) is 0 Å². The van der Waals surface area contributed by atoms with Gasteiger partial charge in [-0.1, -0.05) is 73.0 Å². The quantitative estimate of drug-likeness (QED) is 0.240. The van der Waals surface area contributed by atoms with E-state index in [0.29, 0.717) is 6.54 Å². The number of Topliss-reactive ketones (excluding diaryl/α,β-unsaturated/α-hetero) is 1. The third-order valence-corrected chi connectivity index (χ3v) is 9.86. The highest BCUT2D eigenvalue weighted by Crippen LogP contribution is 2.65. The van der Waals surface area contributed by atoms with Crippen molar-refractivity contribution < 1.29 is 24.0 Å². The summed E-state index contributed by atoms with van der Waals surface area (Å²) < 4.78 is 0. The van der Waals surface area contributed by atoms with Crippen LogP contribution < -0.4 is 21.7 Å². The second-order valence-corrected chi connectivity index (χ2v) is 14.1. The van der Waals surface area contributed by atoms with Gasteiger partial charge in [-0.2, -0.15) is 0 Å². The number of allylic oxidation sites excluding steroid dienone is 2. The molecule has 5 atom stereocenters. The highest BCUT2D eigenvalue weighted by atomic mass is 16.2. The molecule has 0 radical (unpaired) electrons. The van der Waals surface area contributed by atoms with Gasteiger partial charge < -0.3 is 26.6 Å². The molecule has 4 rings (SSSR count). The van der Waals surface area contributed by atoms with Crippen LogP contribution in [0.15, 0.2) is 12.2 Å². The largest absolute Gasteiger partial charge is 0.363 e. The summed E-state index contributed by atoms with van der Waals surface area (Å²) in [6.45, 7) is 12.3. The van der Waals surface area contributed by atoms with Gasteiger partial charge in [0.15, 0.2) is 0 Å². The molecular weight excluding hydrogens is 510 g/mol. The summed E-state index contributed by atoms with van der Waals surface area (Å²) in [6.07, 6.45) is 9.98. The maximum absolute atomic E-state index is 14.1. The molecule has 0 spiro atoms. The smallest absolute Gasteiger partial charge is 0.315 e. The van der Waals surface area contributed by atoms with E-state index in [9.17, 15) is 24.0 Å². The third-order valence-electron chi connectivity index (χ3n) is 9.86. The number of likely N-dealkylation sites (tertiary alicyclic amines) is 1. The highest BCUT2D eigenvalue weighted by Gasteiger charge is 2.70. The molecule has 2 saturated carbocycles. The van der Waals surface area contributed by atoms with E-state index in [-0.39, 0.29) is 47.1 Å². The molecule has 0 aromatic heterocycles. The number of carbonyl (C=O) groups is 5. The van der Waals surface area contributed by atoms with Crippen LogP contribution in [0.3, 0.4) is 0 Å². The molecule has 1 heterocycles. The summed E-state index contributed by atoms with van der Waals surface area (Å²) in [6, 6.07) is -3.09. The molecule has 0 aromatic carbocycles. The monoisotopic (exact) mass is 557 g/mol. The number of nitrogens with two attached hydrogens (primary N) is 1. The van der Waals surface area contributed by atoms with E-state index in [4.69, 9.17) is 5.73 Å². The van der Waals surface area contributed by atoms with Crippen LogP contribution in [0.1, 0.15) is 86.5 Å². The van der Waals surface area contributed by atoms with E-state index in [2.05, 4.69) is 36.7 Å². The van der Waals surface area contributed by atoms with Crippen LogP contribution in [0.5, 0.6) is 0 Å². The zero-order valence-corrected chi connectivity index (χ0v) is 24.8. The summed E-state index contributed by atoms with van der Waals surface area (Å²) in [5.74, 6) is -2.65. The Kier molecular flexibility index (Phi) is 8.13. The number of fused-ring (bicyclic) bond motifs is 1. The maximum Gasteiger partial charge on any atom is 0.315 e. The van der Waals surface area contributed by atoms with Gasteiger partial charge in [0.25, 0.3) is 5.91 Å². The number of nitrogens with one attached hydrogen (secondary N) is 3. The van der Waals surface area contributed by atoms with Crippen molar-refractivity contribution in [2.75, 3.05) is 6.54 Å². The number of amides is 5. The minimum Gasteiger partial charge on any atom is -0.363 e. The molecule has 3 fully saturated rings. The van der Waals surface area contributed by atoms with Crippen molar-refractivity contribution in [3.63, 3.8) is 0 Å². The van der Waals surface area contributed by atoms with Gasteiger partial charge in [-0.25, -0.2) is 4.79 Å². The summed E-state index contributed by atoms with van der Waals surface area (Å²) in [7, 11) is 0. The Morgan fingerprint density at radius 1 is 1.02 bits per heavy atom. The van der Waals surface area contributed by atoms with Gasteiger partial charge in [0.05, 0.1) is 6.04 Å². The van der Waals surface area contributed by atoms with Crippen molar-refractivity contribution in [1.82, 2.24) is 20.9 Å². The molecular formula is C30H47N5O5. The molecule has 3 aliphatic carbocycles. The standard InChI is InChI=1S/C30H47N5O5/c1-7-30(13-9-8-10-14-30)34-27(40)33-23(28(2,3)4)26(39)35-16-18-20(29(18,5)6)21(35)25(38)32-19(15-17-11-12-17)22(36)24(31)37/h11-12,17-21,23H,7-10,13-16H2,1-6H3,(H2,31,37)(H,32,38)(H2,33,34,40)/t18-,19?,20-,21-,23+/m0/s1. The molecule has 4 aliphatic rings. The molecule has 1 aliphatic heterocycles. The van der Waals surface area contributed by atoms with E-state index in [1.165, 1.54) is 0 Å². The van der Waals surface area contributed by atoms with Crippen LogP contribution in [-0.2, 0) is 19.2 Å². The lowest BCUT2D eigenvalue weighted by molar-refractivity contribution is -0.145. The molecule has 10 nitrogen and oxygen atoms in total. The number of primary amides is 1. The van der Waals surface area contributed by atoms with Gasteiger partial charge in [-0.3, -0.25) is 19.2 Å². The molecule has 0 aromatic rings. The van der Waals surface area contributed by atoms with Crippen LogP contribution in [0.4, 0.5) is 4.79 Å². The lowest BCUT2D eigenvalue weighted by atomic mass is 9.80. The molecule has 5 N–H and O–H groups in total. The van der Waals surface area contributed by atoms with Crippen molar-refractivity contribution >= 4 is 29.5 Å². The van der Waals surface area contributed by atoms with Gasteiger partial charge >= 0.3 is 6.03 Å². The molecule has 1 saturated heterocycles. The number of nitrogens with zero attached hydrogens (tertiary/aromatic N) is 1. The van der Waals surface area contributed by atoms with Crippen LogP contribution >= 0.6 is 0 Å². The first-order chi connectivity index (χ1) is 18.6. The topological polar surface area (TPSA) is 151 Å². The number of rotatable bonds is 10. The molecule has 0 bridgehead atoms. The lowest BCUT2D eigenvalue weighted by Crippen LogP contribution is -2.63. The van der Waals surface area contributed by atoms with Crippen molar-refractivity contribution in [2.24, 2.45) is 34.3 Å². The van der Waals surface area contributed by atoms with Gasteiger partial charge in [0.1, 0.15) is 12.1 Å². The van der Waals surface area contributed by atoms with Gasteiger partial charge in [0.2, 0.25) is 17.6 Å². The summed E-state index contributed by atoms with van der Waals surface area (Å²) >= 11 is 0. The van der Waals surface area contributed by atoms with Crippen molar-refractivity contribution in [3.05, 3.63) is 12.2 Å². The fourth-order valence-electron chi connectivity index (χ4n) is 7.00. The third kappa shape index (κ3) is 6.05. The first kappa shape index (κ1) is 30.1. The Labute approximate surface area is 237 Å². The van der Waals surface area contributed by atoms with Crippen LogP contribution in [0.25, 0.3) is 0 Å². The second-order valence-electron chi connectivity index (χ2n) is 14.1. The fraction of sp³-hybridized carbons (Fsp3) is 0.767. The van der Waals surface area contributed by atoms with Crippen LogP contribution in [-0.4, -0.2) is 64.6 Å². The minimum absolute atomic E-state index is 0.0311. The van der Waals surface area contributed by atoms with Crippen molar-refractivity contribution in [1.29, 1.82) is 0 Å². The van der Waals surface area contributed by atoms with Gasteiger partial charge in [0, 0.05) is 12.1 Å². The van der Waals surface area contributed by atoms with E-state index in [0.717, 1.165) is 38.5 Å². The number of hydrogen-bond acceptors (Lipinski definition) is 5. The average Bonchev–Trinajstić information content (AvgIpc) is 3.73. The number of carbonyl (C=O) groups excluding carboxylic acids is 5. The molecule has 40 heavy (non-hydrogen) atoms. The molecule has 222 valence electrons. The number of piperidine rings is 1. The fourth-order valence-corrected chi connectivity index (χ4v) is 7.00. The lowest BCUT2D eigenvalue weighted by Gasteiger charge is -2.40. The molecule has 1 unspecified atom stereocenters.